The van der Waals surface area contributed by atoms with Gasteiger partial charge in [-0.05, 0) is 43.5 Å². The molecule has 0 aliphatic heterocycles. The fourth-order valence-corrected chi connectivity index (χ4v) is 2.86. The van der Waals surface area contributed by atoms with Crippen molar-refractivity contribution in [3.63, 3.8) is 0 Å². The highest BCUT2D eigenvalue weighted by molar-refractivity contribution is 5.85. The number of hydrogen-bond acceptors (Lipinski definition) is 2. The Kier molecular flexibility index (Phi) is 3.38. The van der Waals surface area contributed by atoms with Crippen molar-refractivity contribution < 1.29 is 9.18 Å². The van der Waals surface area contributed by atoms with E-state index in [1.807, 2.05) is 10.9 Å². The molecule has 0 saturated heterocycles. The third-order valence-corrected chi connectivity index (χ3v) is 4.02. The Morgan fingerprint density at radius 1 is 1.35 bits per heavy atom. The first kappa shape index (κ1) is 13.0. The van der Waals surface area contributed by atoms with Crippen molar-refractivity contribution in [1.29, 1.82) is 0 Å². The van der Waals surface area contributed by atoms with Crippen LogP contribution in [0.15, 0.2) is 24.4 Å². The summed E-state index contributed by atoms with van der Waals surface area (Å²) in [4.78, 5) is 11.3. The van der Waals surface area contributed by atoms with Crippen LogP contribution in [0.3, 0.4) is 0 Å². The van der Waals surface area contributed by atoms with E-state index in [9.17, 15) is 9.18 Å². The van der Waals surface area contributed by atoms with Crippen LogP contribution in [0.2, 0.25) is 0 Å². The number of hydrogen-bond donors (Lipinski definition) is 0. The van der Waals surface area contributed by atoms with Gasteiger partial charge >= 0.3 is 0 Å². The van der Waals surface area contributed by atoms with Crippen LogP contribution in [0.5, 0.6) is 0 Å². The number of benzene rings is 1. The van der Waals surface area contributed by atoms with E-state index in [-0.39, 0.29) is 5.82 Å². The lowest BCUT2D eigenvalue weighted by molar-refractivity contribution is 0.112. The zero-order valence-corrected chi connectivity index (χ0v) is 11.5. The van der Waals surface area contributed by atoms with Gasteiger partial charge in [0, 0.05) is 11.8 Å². The summed E-state index contributed by atoms with van der Waals surface area (Å²) < 4.78 is 15.3. The van der Waals surface area contributed by atoms with Gasteiger partial charge in [0.15, 0.2) is 6.29 Å². The second-order valence-electron chi connectivity index (χ2n) is 5.43. The van der Waals surface area contributed by atoms with Gasteiger partial charge in [-0.25, -0.2) is 4.39 Å². The standard InChI is InChI=1S/C16H17FN2O/c1-11-8-12(6-7-15(11)17)16-13(10-20)9-19(18-16)14-4-2-3-5-14/h6-10,14H,2-5H2,1H3. The van der Waals surface area contributed by atoms with Gasteiger partial charge in [-0.3, -0.25) is 9.48 Å². The van der Waals surface area contributed by atoms with Gasteiger partial charge in [0.1, 0.15) is 11.5 Å². The molecule has 1 aromatic carbocycles. The maximum Gasteiger partial charge on any atom is 0.153 e. The van der Waals surface area contributed by atoms with E-state index in [0.29, 0.717) is 22.9 Å². The Bertz CT molecular complexity index is 642. The molecule has 0 spiro atoms. The molecule has 2 aromatic rings. The molecule has 1 fully saturated rings. The van der Waals surface area contributed by atoms with Crippen molar-refractivity contribution >= 4 is 6.29 Å². The molecule has 0 bridgehead atoms. The number of nitrogens with zero attached hydrogens (tertiary/aromatic N) is 2. The van der Waals surface area contributed by atoms with Crippen molar-refractivity contribution in [3.8, 4) is 11.3 Å². The predicted octanol–water partition coefficient (Wildman–Crippen LogP) is 3.93. The monoisotopic (exact) mass is 272 g/mol. The van der Waals surface area contributed by atoms with Crippen LogP contribution in [0.25, 0.3) is 11.3 Å². The number of halogens is 1. The van der Waals surface area contributed by atoms with Gasteiger partial charge in [-0.15, -0.1) is 0 Å². The highest BCUT2D eigenvalue weighted by atomic mass is 19.1. The summed E-state index contributed by atoms with van der Waals surface area (Å²) >= 11 is 0. The Morgan fingerprint density at radius 2 is 2.10 bits per heavy atom. The van der Waals surface area contributed by atoms with E-state index in [0.717, 1.165) is 24.7 Å². The van der Waals surface area contributed by atoms with Gasteiger partial charge in [0.25, 0.3) is 0 Å². The normalized spacial score (nSPS) is 15.7. The maximum atomic E-state index is 13.4. The van der Waals surface area contributed by atoms with Gasteiger partial charge in [0.05, 0.1) is 11.6 Å². The van der Waals surface area contributed by atoms with Crippen LogP contribution in [-0.2, 0) is 0 Å². The van der Waals surface area contributed by atoms with Gasteiger partial charge in [-0.2, -0.15) is 5.10 Å². The molecule has 3 rings (SSSR count). The van der Waals surface area contributed by atoms with E-state index >= 15 is 0 Å². The molecule has 1 aromatic heterocycles. The third-order valence-electron chi connectivity index (χ3n) is 4.02. The fraction of sp³-hybridized carbons (Fsp3) is 0.375. The van der Waals surface area contributed by atoms with E-state index < -0.39 is 0 Å². The molecule has 3 nitrogen and oxygen atoms in total. The minimum Gasteiger partial charge on any atom is -0.298 e. The summed E-state index contributed by atoms with van der Waals surface area (Å²) in [5.74, 6) is -0.239. The summed E-state index contributed by atoms with van der Waals surface area (Å²) in [5, 5.41) is 4.57. The van der Waals surface area contributed by atoms with E-state index in [4.69, 9.17) is 0 Å². The summed E-state index contributed by atoms with van der Waals surface area (Å²) in [6, 6.07) is 5.23. The number of carbonyl (C=O) groups excluding carboxylic acids is 1. The van der Waals surface area contributed by atoms with Gasteiger partial charge in [0.2, 0.25) is 0 Å². The minimum atomic E-state index is -0.239. The number of rotatable bonds is 3. The molecule has 0 amide bonds. The van der Waals surface area contributed by atoms with Crippen LogP contribution in [0, 0.1) is 12.7 Å². The third kappa shape index (κ3) is 2.26. The Labute approximate surface area is 117 Å². The second kappa shape index (κ2) is 5.19. The SMILES string of the molecule is Cc1cc(-c2nn(C3CCCC3)cc2C=O)ccc1F. The number of carbonyl (C=O) groups is 1. The maximum absolute atomic E-state index is 13.4. The first-order chi connectivity index (χ1) is 9.69. The zero-order chi connectivity index (χ0) is 14.1. The van der Waals surface area contributed by atoms with E-state index in [2.05, 4.69) is 5.10 Å². The summed E-state index contributed by atoms with van der Waals surface area (Å²) in [7, 11) is 0. The highest BCUT2D eigenvalue weighted by Gasteiger charge is 2.20. The van der Waals surface area contributed by atoms with Crippen LogP contribution in [0.4, 0.5) is 4.39 Å². The molecule has 0 atom stereocenters. The smallest absolute Gasteiger partial charge is 0.153 e. The molecular formula is C16H17FN2O. The van der Waals surface area contributed by atoms with Crippen LogP contribution in [-0.4, -0.2) is 16.1 Å². The molecule has 104 valence electrons. The lowest BCUT2D eigenvalue weighted by Gasteiger charge is -2.08. The summed E-state index contributed by atoms with van der Waals surface area (Å²) in [6.07, 6.45) is 7.30. The first-order valence-corrected chi connectivity index (χ1v) is 7.00. The molecule has 1 aliphatic carbocycles. The Hall–Kier alpha value is -1.97. The molecule has 4 heteroatoms. The Balaban J connectivity index is 2.03. The predicted molar refractivity (Wildman–Crippen MR) is 75.3 cm³/mol. The average Bonchev–Trinajstić information content (AvgIpc) is 3.09. The molecule has 20 heavy (non-hydrogen) atoms. The molecule has 0 radical (unpaired) electrons. The van der Waals surface area contributed by atoms with Crippen molar-refractivity contribution in [2.75, 3.05) is 0 Å². The first-order valence-electron chi connectivity index (χ1n) is 7.00. The molecule has 0 N–H and O–H groups in total. The topological polar surface area (TPSA) is 34.9 Å². The molecule has 1 aliphatic rings. The van der Waals surface area contributed by atoms with Gasteiger partial charge < -0.3 is 0 Å². The quantitative estimate of drug-likeness (QED) is 0.794. The van der Waals surface area contributed by atoms with Crippen molar-refractivity contribution in [1.82, 2.24) is 9.78 Å². The van der Waals surface area contributed by atoms with Crippen LogP contribution >= 0.6 is 0 Å². The Morgan fingerprint density at radius 3 is 2.75 bits per heavy atom. The molecular weight excluding hydrogens is 255 g/mol. The van der Waals surface area contributed by atoms with Crippen LogP contribution < -0.4 is 0 Å². The zero-order valence-electron chi connectivity index (χ0n) is 11.5. The van der Waals surface area contributed by atoms with Crippen molar-refractivity contribution in [2.24, 2.45) is 0 Å². The van der Waals surface area contributed by atoms with E-state index in [1.54, 1.807) is 19.1 Å². The van der Waals surface area contributed by atoms with E-state index in [1.165, 1.54) is 18.9 Å². The van der Waals surface area contributed by atoms with Crippen molar-refractivity contribution in [3.05, 3.63) is 41.3 Å². The minimum absolute atomic E-state index is 0.239. The number of aromatic nitrogens is 2. The summed E-state index contributed by atoms with van der Waals surface area (Å²) in [6.45, 7) is 1.72. The molecule has 0 unspecified atom stereocenters. The number of aldehydes is 1. The largest absolute Gasteiger partial charge is 0.298 e. The van der Waals surface area contributed by atoms with Gasteiger partial charge in [-0.1, -0.05) is 12.8 Å². The highest BCUT2D eigenvalue weighted by Crippen LogP contribution is 2.31. The molecule has 1 saturated carbocycles. The molecule has 1 heterocycles. The summed E-state index contributed by atoms with van der Waals surface area (Å²) in [5.41, 5.74) is 2.58. The number of aryl methyl sites for hydroxylation is 1. The average molecular weight is 272 g/mol. The fourth-order valence-electron chi connectivity index (χ4n) is 2.86. The lowest BCUT2D eigenvalue weighted by atomic mass is 10.1. The van der Waals surface area contributed by atoms with Crippen LogP contribution in [0.1, 0.15) is 47.6 Å². The second-order valence-corrected chi connectivity index (χ2v) is 5.43. The van der Waals surface area contributed by atoms with Crippen molar-refractivity contribution in [2.45, 2.75) is 38.6 Å². The lowest BCUT2D eigenvalue weighted by Crippen LogP contribution is -2.04.